The molecule has 0 aromatic heterocycles. The monoisotopic (exact) mass is 348 g/mol. The van der Waals surface area contributed by atoms with Crippen molar-refractivity contribution in [1.82, 2.24) is 0 Å². The number of rotatable bonds is 2. The van der Waals surface area contributed by atoms with E-state index in [2.05, 4.69) is 0 Å². The van der Waals surface area contributed by atoms with Crippen LogP contribution in [0.4, 0.5) is 0 Å². The Labute approximate surface area is 151 Å². The van der Waals surface area contributed by atoms with Gasteiger partial charge in [-0.15, -0.1) is 0 Å². The van der Waals surface area contributed by atoms with Crippen LogP contribution in [0.15, 0.2) is 60.7 Å². The Balaban J connectivity index is 1.87. The molecule has 1 unspecified atom stereocenters. The Morgan fingerprint density at radius 2 is 1.35 bits per heavy atom. The molecule has 0 amide bonds. The average Bonchev–Trinajstić information content (AvgIpc) is 2.65. The molecule has 0 radical (unpaired) electrons. The number of hydrogen-bond acceptors (Lipinski definition) is 4. The van der Waals surface area contributed by atoms with Crippen LogP contribution in [0, 0.1) is 6.92 Å². The molecular formula is C22H20O4. The Morgan fingerprint density at radius 3 is 1.96 bits per heavy atom. The lowest BCUT2D eigenvalue weighted by molar-refractivity contribution is 0.245. The third kappa shape index (κ3) is 2.73. The lowest BCUT2D eigenvalue weighted by Crippen LogP contribution is -2.25. The van der Waals surface area contributed by atoms with Gasteiger partial charge in [-0.05, 0) is 48.4 Å². The molecule has 0 aliphatic carbocycles. The van der Waals surface area contributed by atoms with Crippen molar-refractivity contribution in [2.75, 3.05) is 6.61 Å². The van der Waals surface area contributed by atoms with Gasteiger partial charge >= 0.3 is 0 Å². The minimum absolute atomic E-state index is 0.0168. The van der Waals surface area contributed by atoms with Crippen molar-refractivity contribution < 1.29 is 20.1 Å². The molecule has 0 spiro atoms. The molecule has 4 rings (SSSR count). The predicted octanol–water partition coefficient (Wildman–Crippen LogP) is 4.42. The highest BCUT2D eigenvalue weighted by Gasteiger charge is 2.34. The topological polar surface area (TPSA) is 69.9 Å². The van der Waals surface area contributed by atoms with Gasteiger partial charge in [-0.3, -0.25) is 0 Å². The zero-order valence-electron chi connectivity index (χ0n) is 14.4. The summed E-state index contributed by atoms with van der Waals surface area (Å²) in [5.74, 6) is 1.46. The van der Waals surface area contributed by atoms with Gasteiger partial charge in [-0.1, -0.05) is 30.3 Å². The maximum Gasteiger partial charge on any atom is 0.129 e. The van der Waals surface area contributed by atoms with E-state index in [1.165, 1.54) is 0 Å². The maximum atomic E-state index is 10.0. The van der Waals surface area contributed by atoms with E-state index in [0.717, 1.165) is 28.0 Å². The summed E-state index contributed by atoms with van der Waals surface area (Å²) in [6.07, 6.45) is 0. The van der Waals surface area contributed by atoms with E-state index in [1.54, 1.807) is 30.3 Å². The molecule has 132 valence electrons. The second kappa shape index (κ2) is 6.30. The zero-order valence-corrected chi connectivity index (χ0v) is 14.4. The molecule has 4 nitrogen and oxygen atoms in total. The number of ether oxygens (including phenoxy) is 1. The SMILES string of the molecule is Cc1c(O)ccc2c1OC[C@H](c1ccc(O)cc1)C2c1ccc(O)cc1. The summed E-state index contributed by atoms with van der Waals surface area (Å²) in [5, 5.41) is 29.3. The van der Waals surface area contributed by atoms with Crippen LogP contribution in [0.1, 0.15) is 34.1 Å². The molecule has 1 heterocycles. The van der Waals surface area contributed by atoms with Crippen LogP contribution in [-0.4, -0.2) is 21.9 Å². The highest BCUT2D eigenvalue weighted by Crippen LogP contribution is 2.48. The third-order valence-electron chi connectivity index (χ3n) is 5.13. The van der Waals surface area contributed by atoms with Crippen LogP contribution in [0.5, 0.6) is 23.0 Å². The molecule has 3 aromatic carbocycles. The van der Waals surface area contributed by atoms with E-state index in [0.29, 0.717) is 6.61 Å². The van der Waals surface area contributed by atoms with Crippen molar-refractivity contribution >= 4 is 0 Å². The largest absolute Gasteiger partial charge is 0.508 e. The summed E-state index contributed by atoms with van der Waals surface area (Å²) in [4.78, 5) is 0. The summed E-state index contributed by atoms with van der Waals surface area (Å²) in [6, 6.07) is 18.0. The van der Waals surface area contributed by atoms with Gasteiger partial charge in [-0.25, -0.2) is 0 Å². The summed E-state index contributed by atoms with van der Waals surface area (Å²) in [7, 11) is 0. The van der Waals surface area contributed by atoms with Gasteiger partial charge in [-0.2, -0.15) is 0 Å². The average molecular weight is 348 g/mol. The second-order valence-corrected chi connectivity index (χ2v) is 6.71. The fraction of sp³-hybridized carbons (Fsp3) is 0.182. The van der Waals surface area contributed by atoms with E-state index >= 15 is 0 Å². The van der Waals surface area contributed by atoms with Gasteiger partial charge in [0.1, 0.15) is 23.0 Å². The zero-order chi connectivity index (χ0) is 18.3. The van der Waals surface area contributed by atoms with Gasteiger partial charge in [0.05, 0.1) is 6.61 Å². The first kappa shape index (κ1) is 16.3. The Hall–Kier alpha value is -3.14. The molecular weight excluding hydrogens is 328 g/mol. The first-order chi connectivity index (χ1) is 12.5. The van der Waals surface area contributed by atoms with E-state index in [-0.39, 0.29) is 29.1 Å². The Kier molecular flexibility index (Phi) is 3.96. The molecule has 1 aliphatic rings. The highest BCUT2D eigenvalue weighted by atomic mass is 16.5. The van der Waals surface area contributed by atoms with Gasteiger partial charge in [0, 0.05) is 23.0 Å². The molecule has 3 aromatic rings. The summed E-state index contributed by atoms with van der Waals surface area (Å²) >= 11 is 0. The first-order valence-corrected chi connectivity index (χ1v) is 8.57. The van der Waals surface area contributed by atoms with Gasteiger partial charge in [0.2, 0.25) is 0 Å². The smallest absolute Gasteiger partial charge is 0.129 e. The molecule has 26 heavy (non-hydrogen) atoms. The molecule has 0 bridgehead atoms. The van der Waals surface area contributed by atoms with Crippen LogP contribution >= 0.6 is 0 Å². The number of phenolic OH excluding ortho intramolecular Hbond substituents is 3. The number of fused-ring (bicyclic) bond motifs is 1. The van der Waals surface area contributed by atoms with Crippen LogP contribution in [-0.2, 0) is 0 Å². The minimum Gasteiger partial charge on any atom is -0.508 e. The van der Waals surface area contributed by atoms with Crippen LogP contribution < -0.4 is 4.74 Å². The van der Waals surface area contributed by atoms with Crippen molar-refractivity contribution in [3.63, 3.8) is 0 Å². The summed E-state index contributed by atoms with van der Waals surface area (Å²) in [6.45, 7) is 2.32. The number of phenols is 3. The lowest BCUT2D eigenvalue weighted by atomic mass is 9.75. The van der Waals surface area contributed by atoms with Gasteiger partial charge < -0.3 is 20.1 Å². The second-order valence-electron chi connectivity index (χ2n) is 6.71. The molecule has 2 atom stereocenters. The van der Waals surface area contributed by atoms with Crippen LogP contribution in [0.25, 0.3) is 0 Å². The maximum absolute atomic E-state index is 10.0. The molecule has 1 aliphatic heterocycles. The van der Waals surface area contributed by atoms with Crippen LogP contribution in [0.3, 0.4) is 0 Å². The Morgan fingerprint density at radius 1 is 0.769 bits per heavy atom. The van der Waals surface area contributed by atoms with E-state index < -0.39 is 0 Å². The normalized spacial score (nSPS) is 18.8. The van der Waals surface area contributed by atoms with Crippen molar-refractivity contribution in [3.05, 3.63) is 82.9 Å². The number of hydrogen-bond donors (Lipinski definition) is 3. The van der Waals surface area contributed by atoms with Crippen molar-refractivity contribution in [3.8, 4) is 23.0 Å². The summed E-state index contributed by atoms with van der Waals surface area (Å²) < 4.78 is 6.04. The van der Waals surface area contributed by atoms with E-state index in [4.69, 9.17) is 4.74 Å². The van der Waals surface area contributed by atoms with E-state index in [1.807, 2.05) is 37.3 Å². The quantitative estimate of drug-likeness (QED) is 0.641. The Bertz CT molecular complexity index is 930. The molecule has 0 saturated carbocycles. The predicted molar refractivity (Wildman–Crippen MR) is 99.1 cm³/mol. The van der Waals surface area contributed by atoms with Crippen molar-refractivity contribution in [2.45, 2.75) is 18.8 Å². The van der Waals surface area contributed by atoms with Crippen molar-refractivity contribution in [1.29, 1.82) is 0 Å². The summed E-state index contributed by atoms with van der Waals surface area (Å²) in [5.41, 5.74) is 3.87. The van der Waals surface area contributed by atoms with E-state index in [9.17, 15) is 15.3 Å². The molecule has 0 fully saturated rings. The lowest BCUT2D eigenvalue weighted by Gasteiger charge is -2.35. The standard InChI is InChI=1S/C22H20O4/c1-13-20(25)11-10-18-21(15-4-8-17(24)9-5-15)19(12-26-22(13)18)14-2-6-16(23)7-3-14/h2-11,19,21,23-25H,12H2,1H3/t19-,21?/m1/s1. The van der Waals surface area contributed by atoms with Gasteiger partial charge in [0.15, 0.2) is 0 Å². The number of benzene rings is 3. The highest BCUT2D eigenvalue weighted by molar-refractivity contribution is 5.55. The fourth-order valence-electron chi connectivity index (χ4n) is 3.73. The molecule has 0 saturated heterocycles. The fourth-order valence-corrected chi connectivity index (χ4v) is 3.73. The first-order valence-electron chi connectivity index (χ1n) is 8.57. The van der Waals surface area contributed by atoms with Gasteiger partial charge in [0.25, 0.3) is 0 Å². The van der Waals surface area contributed by atoms with Crippen molar-refractivity contribution in [2.24, 2.45) is 0 Å². The third-order valence-corrected chi connectivity index (χ3v) is 5.13. The number of aromatic hydroxyl groups is 3. The molecule has 4 heteroatoms. The van der Waals surface area contributed by atoms with Crippen LogP contribution in [0.2, 0.25) is 0 Å². The minimum atomic E-state index is 0.0168. The molecule has 3 N–H and O–H groups in total.